The van der Waals surface area contributed by atoms with E-state index in [1.165, 1.54) is 0 Å². The molecule has 1 unspecified atom stereocenters. The Bertz CT molecular complexity index is 163. The maximum absolute atomic E-state index is 11.3. The molecule has 0 aliphatic carbocycles. The van der Waals surface area contributed by atoms with Gasteiger partial charge in [-0.25, -0.2) is 0 Å². The molecule has 0 spiro atoms. The van der Waals surface area contributed by atoms with Crippen LogP contribution >= 0.6 is 12.6 Å². The minimum Gasteiger partial charge on any atom is -0.396 e. The van der Waals surface area contributed by atoms with Gasteiger partial charge in [0, 0.05) is 32.0 Å². The van der Waals surface area contributed by atoms with Crippen molar-refractivity contribution < 1.29 is 9.90 Å². The van der Waals surface area contributed by atoms with Crippen molar-refractivity contribution in [2.45, 2.75) is 12.8 Å². The Hall–Kier alpha value is -0.220. The molecular formula is C8H15NO2S. The number of hydrogen-bond donors (Lipinski definition) is 2. The smallest absolute Gasteiger partial charge is 0.223 e. The zero-order valence-corrected chi connectivity index (χ0v) is 7.96. The van der Waals surface area contributed by atoms with Gasteiger partial charge in [0.1, 0.15) is 0 Å². The third-order valence-electron chi connectivity index (χ3n) is 2.22. The molecule has 0 saturated carbocycles. The van der Waals surface area contributed by atoms with E-state index < -0.39 is 0 Å². The summed E-state index contributed by atoms with van der Waals surface area (Å²) in [5, 5.41) is 8.84. The van der Waals surface area contributed by atoms with Crippen molar-refractivity contribution in [1.82, 2.24) is 4.90 Å². The van der Waals surface area contributed by atoms with E-state index in [9.17, 15) is 4.79 Å². The first-order valence-corrected chi connectivity index (χ1v) is 4.90. The van der Waals surface area contributed by atoms with Gasteiger partial charge in [0.15, 0.2) is 0 Å². The second-order valence-corrected chi connectivity index (χ2v) is 3.60. The Morgan fingerprint density at radius 1 is 1.67 bits per heavy atom. The number of nitrogens with zero attached hydrogens (tertiary/aromatic N) is 1. The maximum Gasteiger partial charge on any atom is 0.223 e. The first-order valence-electron chi connectivity index (χ1n) is 4.27. The summed E-state index contributed by atoms with van der Waals surface area (Å²) < 4.78 is 0. The van der Waals surface area contributed by atoms with Crippen LogP contribution in [0, 0.1) is 5.92 Å². The Kier molecular flexibility index (Phi) is 3.88. The molecule has 1 fully saturated rings. The second-order valence-electron chi connectivity index (χ2n) is 3.15. The third-order valence-corrected chi connectivity index (χ3v) is 2.45. The van der Waals surface area contributed by atoms with Crippen LogP contribution < -0.4 is 0 Å². The number of amides is 1. The highest BCUT2D eigenvalue weighted by molar-refractivity contribution is 7.80. The molecule has 1 N–H and O–H groups in total. The summed E-state index contributed by atoms with van der Waals surface area (Å²) in [6, 6.07) is 0. The predicted octanol–water partition coefficient (Wildman–Crippen LogP) is 0.147. The first-order chi connectivity index (χ1) is 5.77. The molecule has 70 valence electrons. The van der Waals surface area contributed by atoms with Crippen LogP contribution in [0.15, 0.2) is 0 Å². The van der Waals surface area contributed by atoms with Crippen molar-refractivity contribution in [2.75, 3.05) is 25.4 Å². The van der Waals surface area contributed by atoms with E-state index in [4.69, 9.17) is 5.11 Å². The summed E-state index contributed by atoms with van der Waals surface area (Å²) >= 11 is 4.00. The number of hydrogen-bond acceptors (Lipinski definition) is 3. The average molecular weight is 189 g/mol. The van der Waals surface area contributed by atoms with Gasteiger partial charge in [-0.3, -0.25) is 4.79 Å². The molecule has 1 amide bonds. The summed E-state index contributed by atoms with van der Waals surface area (Å²) in [5.41, 5.74) is 0. The number of aliphatic hydroxyl groups excluding tert-OH is 1. The molecule has 4 heteroatoms. The Balaban J connectivity index is 2.31. The van der Waals surface area contributed by atoms with E-state index in [0.29, 0.717) is 18.1 Å². The molecule has 1 heterocycles. The normalized spacial score (nSPS) is 23.2. The standard InChI is InChI=1S/C8H15NO2S/c10-6-7-1-3-9(5-7)8(11)2-4-12/h7,10,12H,1-6H2. The molecule has 0 aromatic rings. The van der Waals surface area contributed by atoms with E-state index in [0.717, 1.165) is 19.5 Å². The van der Waals surface area contributed by atoms with Gasteiger partial charge in [-0.1, -0.05) is 0 Å². The number of rotatable bonds is 3. The number of aliphatic hydroxyl groups is 1. The van der Waals surface area contributed by atoms with Gasteiger partial charge >= 0.3 is 0 Å². The number of carbonyl (C=O) groups excluding carboxylic acids is 1. The molecule has 0 bridgehead atoms. The lowest BCUT2D eigenvalue weighted by molar-refractivity contribution is -0.129. The zero-order chi connectivity index (χ0) is 8.97. The molecule has 0 aromatic heterocycles. The first kappa shape index (κ1) is 9.86. The number of carbonyl (C=O) groups is 1. The summed E-state index contributed by atoms with van der Waals surface area (Å²) in [5.74, 6) is 1.08. The van der Waals surface area contributed by atoms with Gasteiger partial charge in [-0.15, -0.1) is 0 Å². The lowest BCUT2D eigenvalue weighted by Crippen LogP contribution is -2.29. The Morgan fingerprint density at radius 2 is 2.42 bits per heavy atom. The van der Waals surface area contributed by atoms with Crippen LogP contribution in [0.2, 0.25) is 0 Å². The molecular weight excluding hydrogens is 174 g/mol. The van der Waals surface area contributed by atoms with Crippen LogP contribution in [0.3, 0.4) is 0 Å². The predicted molar refractivity (Wildman–Crippen MR) is 50.2 cm³/mol. The van der Waals surface area contributed by atoms with Crippen molar-refractivity contribution in [2.24, 2.45) is 5.92 Å². The molecule has 1 aliphatic heterocycles. The van der Waals surface area contributed by atoms with E-state index in [2.05, 4.69) is 12.6 Å². The van der Waals surface area contributed by atoms with Crippen molar-refractivity contribution in [3.63, 3.8) is 0 Å². The van der Waals surface area contributed by atoms with Gasteiger partial charge in [-0.05, 0) is 12.2 Å². The highest BCUT2D eigenvalue weighted by Gasteiger charge is 2.24. The quantitative estimate of drug-likeness (QED) is 0.620. The number of thiol groups is 1. The van der Waals surface area contributed by atoms with Crippen LogP contribution in [0.4, 0.5) is 0 Å². The minimum absolute atomic E-state index is 0.168. The molecule has 1 saturated heterocycles. The largest absolute Gasteiger partial charge is 0.396 e. The second kappa shape index (κ2) is 4.72. The summed E-state index contributed by atoms with van der Waals surface area (Å²) in [6.45, 7) is 1.73. The van der Waals surface area contributed by atoms with Crippen LogP contribution in [-0.2, 0) is 4.79 Å². The van der Waals surface area contributed by atoms with E-state index in [1.54, 1.807) is 0 Å². The minimum atomic E-state index is 0.168. The van der Waals surface area contributed by atoms with Crippen molar-refractivity contribution in [3.8, 4) is 0 Å². The SMILES string of the molecule is O=C(CCS)N1CCC(CO)C1. The van der Waals surface area contributed by atoms with Gasteiger partial charge in [0.2, 0.25) is 5.91 Å². The summed E-state index contributed by atoms with van der Waals surface area (Å²) in [7, 11) is 0. The van der Waals surface area contributed by atoms with Gasteiger partial charge < -0.3 is 10.0 Å². The van der Waals surface area contributed by atoms with Crippen LogP contribution in [0.5, 0.6) is 0 Å². The fraction of sp³-hybridized carbons (Fsp3) is 0.875. The average Bonchev–Trinajstić information content (AvgIpc) is 2.52. The Morgan fingerprint density at radius 3 is 2.92 bits per heavy atom. The fourth-order valence-corrected chi connectivity index (χ4v) is 1.65. The monoisotopic (exact) mass is 189 g/mol. The Labute approximate surface area is 78.2 Å². The topological polar surface area (TPSA) is 40.5 Å². The molecule has 1 atom stereocenters. The van der Waals surface area contributed by atoms with Crippen molar-refractivity contribution >= 4 is 18.5 Å². The molecule has 1 rings (SSSR count). The van der Waals surface area contributed by atoms with Crippen molar-refractivity contribution in [1.29, 1.82) is 0 Å². The summed E-state index contributed by atoms with van der Waals surface area (Å²) in [6.07, 6.45) is 1.45. The summed E-state index contributed by atoms with van der Waals surface area (Å²) in [4.78, 5) is 13.1. The van der Waals surface area contributed by atoms with E-state index in [-0.39, 0.29) is 12.5 Å². The highest BCUT2D eigenvalue weighted by atomic mass is 32.1. The lowest BCUT2D eigenvalue weighted by atomic mass is 10.1. The molecule has 3 nitrogen and oxygen atoms in total. The van der Waals surface area contributed by atoms with Gasteiger partial charge in [-0.2, -0.15) is 12.6 Å². The van der Waals surface area contributed by atoms with E-state index in [1.807, 2.05) is 4.90 Å². The van der Waals surface area contributed by atoms with E-state index >= 15 is 0 Å². The molecule has 12 heavy (non-hydrogen) atoms. The van der Waals surface area contributed by atoms with Crippen LogP contribution in [0.25, 0.3) is 0 Å². The molecule has 0 radical (unpaired) electrons. The molecule has 0 aromatic carbocycles. The van der Waals surface area contributed by atoms with Crippen LogP contribution in [0.1, 0.15) is 12.8 Å². The highest BCUT2D eigenvalue weighted by Crippen LogP contribution is 2.15. The molecule has 1 aliphatic rings. The van der Waals surface area contributed by atoms with Gasteiger partial charge in [0.25, 0.3) is 0 Å². The van der Waals surface area contributed by atoms with Gasteiger partial charge in [0.05, 0.1) is 0 Å². The zero-order valence-electron chi connectivity index (χ0n) is 7.07. The van der Waals surface area contributed by atoms with Crippen LogP contribution in [-0.4, -0.2) is 41.4 Å². The fourth-order valence-electron chi connectivity index (χ4n) is 1.46. The third kappa shape index (κ3) is 2.38. The lowest BCUT2D eigenvalue weighted by Gasteiger charge is -2.15. The number of likely N-dealkylation sites (tertiary alicyclic amines) is 1. The maximum atomic E-state index is 11.3. The van der Waals surface area contributed by atoms with Crippen molar-refractivity contribution in [3.05, 3.63) is 0 Å².